The van der Waals surface area contributed by atoms with Gasteiger partial charge in [0.05, 0.1) is 10.6 Å². The number of aromatic nitrogens is 1. The number of rotatable bonds is 5. The maximum atomic E-state index is 11.9. The molecule has 0 atom stereocenters. The van der Waals surface area contributed by atoms with Crippen molar-refractivity contribution in [1.82, 2.24) is 4.98 Å². The maximum Gasteiger partial charge on any atom is 0.174 e. The maximum absolute atomic E-state index is 11.9. The summed E-state index contributed by atoms with van der Waals surface area (Å²) in [6, 6.07) is 5.93. The molecule has 21 heavy (non-hydrogen) atoms. The third-order valence-electron chi connectivity index (χ3n) is 3.10. The van der Waals surface area contributed by atoms with Gasteiger partial charge in [0.2, 0.25) is 0 Å². The van der Waals surface area contributed by atoms with E-state index >= 15 is 0 Å². The molecule has 0 saturated carbocycles. The monoisotopic (exact) mass is 300 g/mol. The van der Waals surface area contributed by atoms with Crippen LogP contribution in [0.25, 0.3) is 0 Å². The van der Waals surface area contributed by atoms with E-state index in [0.717, 1.165) is 10.6 Å². The third-order valence-corrected chi connectivity index (χ3v) is 4.46. The predicted octanol–water partition coefficient (Wildman–Crippen LogP) is 2.83. The molecule has 0 bridgehead atoms. The van der Waals surface area contributed by atoms with Crippen LogP contribution in [0.5, 0.6) is 0 Å². The summed E-state index contributed by atoms with van der Waals surface area (Å²) in [5.74, 6) is -0.0324. The average Bonchev–Trinajstić information content (AvgIpc) is 2.84. The zero-order chi connectivity index (χ0) is 15.4. The lowest BCUT2D eigenvalue weighted by molar-refractivity contribution is 0.0993. The molecular formula is C15H16N4OS. The Kier molecular flexibility index (Phi) is 4.55. The van der Waals surface area contributed by atoms with E-state index in [9.17, 15) is 10.1 Å². The highest BCUT2D eigenvalue weighted by molar-refractivity contribution is 7.19. The average molecular weight is 300 g/mol. The van der Waals surface area contributed by atoms with Crippen molar-refractivity contribution < 1.29 is 4.79 Å². The second-order valence-electron chi connectivity index (χ2n) is 4.63. The Morgan fingerprint density at radius 3 is 2.90 bits per heavy atom. The fraction of sp³-hybridized carbons (Fsp3) is 0.267. The van der Waals surface area contributed by atoms with Gasteiger partial charge in [0.25, 0.3) is 0 Å². The first-order valence-corrected chi connectivity index (χ1v) is 7.35. The molecule has 0 amide bonds. The molecule has 0 spiro atoms. The molecule has 5 nitrogen and oxygen atoms in total. The van der Waals surface area contributed by atoms with Crippen molar-refractivity contribution in [2.45, 2.75) is 19.9 Å². The van der Waals surface area contributed by atoms with Crippen molar-refractivity contribution in [1.29, 1.82) is 5.26 Å². The number of thiophene rings is 1. The van der Waals surface area contributed by atoms with Crippen LogP contribution in [0.15, 0.2) is 24.5 Å². The highest BCUT2D eigenvalue weighted by Gasteiger charge is 2.22. The quantitative estimate of drug-likeness (QED) is 0.858. The minimum Gasteiger partial charge on any atom is -0.396 e. The lowest BCUT2D eigenvalue weighted by Gasteiger charge is -2.17. The molecule has 2 heterocycles. The van der Waals surface area contributed by atoms with Gasteiger partial charge in [0.1, 0.15) is 16.6 Å². The van der Waals surface area contributed by atoms with E-state index in [1.807, 2.05) is 24.1 Å². The van der Waals surface area contributed by atoms with Crippen LogP contribution in [0.3, 0.4) is 0 Å². The summed E-state index contributed by atoms with van der Waals surface area (Å²) >= 11 is 1.28. The fourth-order valence-corrected chi connectivity index (χ4v) is 3.15. The number of anilines is 2. The Balaban J connectivity index is 2.35. The van der Waals surface area contributed by atoms with Crippen molar-refractivity contribution >= 4 is 27.8 Å². The van der Waals surface area contributed by atoms with E-state index in [4.69, 9.17) is 5.73 Å². The van der Waals surface area contributed by atoms with Crippen LogP contribution in [0.4, 0.5) is 10.7 Å². The Bertz CT molecular complexity index is 688. The van der Waals surface area contributed by atoms with Crippen molar-refractivity contribution in [2.75, 3.05) is 17.7 Å². The SMILES string of the molecule is CCC(=O)c1sc(N(C)Cc2cccnc2)c(C#N)c1N. The van der Waals surface area contributed by atoms with E-state index in [2.05, 4.69) is 11.1 Å². The normalized spacial score (nSPS) is 10.1. The summed E-state index contributed by atoms with van der Waals surface area (Å²) in [6.45, 7) is 2.38. The van der Waals surface area contributed by atoms with Crippen LogP contribution in [0.1, 0.15) is 34.1 Å². The number of carbonyl (C=O) groups excluding carboxylic acids is 1. The number of carbonyl (C=O) groups is 1. The molecule has 108 valence electrons. The van der Waals surface area contributed by atoms with E-state index < -0.39 is 0 Å². The number of hydrogen-bond donors (Lipinski definition) is 1. The number of nitrogens with two attached hydrogens (primary N) is 1. The Morgan fingerprint density at radius 1 is 1.57 bits per heavy atom. The topological polar surface area (TPSA) is 83.0 Å². The summed E-state index contributed by atoms with van der Waals surface area (Å²) in [6.07, 6.45) is 3.87. The van der Waals surface area contributed by atoms with Crippen LogP contribution in [-0.4, -0.2) is 17.8 Å². The molecule has 0 saturated heterocycles. The van der Waals surface area contributed by atoms with E-state index in [1.165, 1.54) is 11.3 Å². The standard InChI is InChI=1S/C15H16N4OS/c1-3-12(20)14-13(17)11(7-16)15(21-14)19(2)9-10-5-4-6-18-8-10/h4-6,8H,3,9,17H2,1-2H3. The van der Waals surface area contributed by atoms with Gasteiger partial charge in [0.15, 0.2) is 5.78 Å². The van der Waals surface area contributed by atoms with Gasteiger partial charge < -0.3 is 10.6 Å². The van der Waals surface area contributed by atoms with Crippen molar-refractivity contribution in [3.05, 3.63) is 40.5 Å². The highest BCUT2D eigenvalue weighted by Crippen LogP contribution is 2.38. The molecule has 0 aliphatic carbocycles. The first-order valence-electron chi connectivity index (χ1n) is 6.54. The van der Waals surface area contributed by atoms with Crippen LogP contribution >= 0.6 is 11.3 Å². The van der Waals surface area contributed by atoms with E-state index in [0.29, 0.717) is 29.1 Å². The summed E-state index contributed by atoms with van der Waals surface area (Å²) in [5.41, 5.74) is 7.65. The zero-order valence-corrected chi connectivity index (χ0v) is 12.8. The van der Waals surface area contributed by atoms with Gasteiger partial charge in [-0.1, -0.05) is 13.0 Å². The minimum absolute atomic E-state index is 0.0324. The molecule has 0 fully saturated rings. The highest BCUT2D eigenvalue weighted by atomic mass is 32.1. The number of ketones is 1. The van der Waals surface area contributed by atoms with E-state index in [-0.39, 0.29) is 5.78 Å². The summed E-state index contributed by atoms with van der Waals surface area (Å²) in [5, 5.41) is 10.0. The van der Waals surface area contributed by atoms with Crippen LogP contribution in [0.2, 0.25) is 0 Å². The Hall–Kier alpha value is -2.39. The minimum atomic E-state index is -0.0324. The van der Waals surface area contributed by atoms with Crippen molar-refractivity contribution in [3.8, 4) is 6.07 Å². The number of nitriles is 1. The number of Topliss-reactive ketones (excluding diaryl/α,β-unsaturated/α-hetero) is 1. The van der Waals surface area contributed by atoms with Gasteiger partial charge >= 0.3 is 0 Å². The summed E-state index contributed by atoms with van der Waals surface area (Å²) < 4.78 is 0. The van der Waals surface area contributed by atoms with Crippen LogP contribution < -0.4 is 10.6 Å². The first kappa shape index (κ1) is 15.0. The summed E-state index contributed by atoms with van der Waals surface area (Å²) in [7, 11) is 1.87. The van der Waals surface area contributed by atoms with Crippen molar-refractivity contribution in [3.63, 3.8) is 0 Å². The number of pyridine rings is 1. The summed E-state index contributed by atoms with van der Waals surface area (Å²) in [4.78, 5) is 18.4. The molecular weight excluding hydrogens is 284 g/mol. The Morgan fingerprint density at radius 2 is 2.33 bits per heavy atom. The van der Waals surface area contributed by atoms with Gasteiger partial charge in [-0.25, -0.2) is 0 Å². The molecule has 0 aromatic carbocycles. The van der Waals surface area contributed by atoms with Crippen molar-refractivity contribution in [2.24, 2.45) is 0 Å². The molecule has 0 radical (unpaired) electrons. The fourth-order valence-electron chi connectivity index (χ4n) is 2.01. The molecule has 0 unspecified atom stereocenters. The molecule has 2 aromatic rings. The smallest absolute Gasteiger partial charge is 0.174 e. The number of nitrogen functional groups attached to an aromatic ring is 1. The van der Waals surface area contributed by atoms with E-state index in [1.54, 1.807) is 19.3 Å². The van der Waals surface area contributed by atoms with Gasteiger partial charge in [-0.15, -0.1) is 11.3 Å². The van der Waals surface area contributed by atoms with Gasteiger partial charge in [-0.2, -0.15) is 5.26 Å². The zero-order valence-electron chi connectivity index (χ0n) is 12.0. The number of hydrogen-bond acceptors (Lipinski definition) is 6. The largest absolute Gasteiger partial charge is 0.396 e. The van der Waals surface area contributed by atoms with Crippen LogP contribution in [-0.2, 0) is 6.54 Å². The molecule has 0 aliphatic rings. The van der Waals surface area contributed by atoms with Gasteiger partial charge in [-0.05, 0) is 11.6 Å². The molecule has 2 rings (SSSR count). The molecule has 2 aromatic heterocycles. The van der Waals surface area contributed by atoms with Crippen LogP contribution in [0, 0.1) is 11.3 Å². The molecule has 0 aliphatic heterocycles. The molecule has 2 N–H and O–H groups in total. The third kappa shape index (κ3) is 3.03. The van der Waals surface area contributed by atoms with Gasteiger partial charge in [-0.3, -0.25) is 9.78 Å². The number of nitrogens with zero attached hydrogens (tertiary/aromatic N) is 3. The Labute approximate surface area is 127 Å². The first-order chi connectivity index (χ1) is 10.1. The second-order valence-corrected chi connectivity index (χ2v) is 5.63. The van der Waals surface area contributed by atoms with Gasteiger partial charge in [0, 0.05) is 32.4 Å². The predicted molar refractivity (Wildman–Crippen MR) is 84.4 cm³/mol. The second kappa shape index (κ2) is 6.37. The lowest BCUT2D eigenvalue weighted by atomic mass is 10.2. The lowest BCUT2D eigenvalue weighted by Crippen LogP contribution is -2.16. The molecule has 6 heteroatoms.